The maximum absolute atomic E-state index is 10.7. The van der Waals surface area contributed by atoms with E-state index in [9.17, 15) is 4.79 Å². The molecule has 0 heterocycles. The zero-order valence-electron chi connectivity index (χ0n) is 7.23. The van der Waals surface area contributed by atoms with Gasteiger partial charge in [0.05, 0.1) is 0 Å². The van der Waals surface area contributed by atoms with Gasteiger partial charge in [0.15, 0.2) is 0 Å². The van der Waals surface area contributed by atoms with Crippen LogP contribution in [0.4, 0.5) is 0 Å². The molecular weight excluding hydrogens is 140 g/mol. The highest BCUT2D eigenvalue weighted by Gasteiger charge is 1.93. The van der Waals surface area contributed by atoms with Crippen LogP contribution in [0, 0.1) is 0 Å². The fourth-order valence-electron chi connectivity index (χ4n) is 0.799. The lowest BCUT2D eigenvalue weighted by molar-refractivity contribution is -0.120. The summed E-state index contributed by atoms with van der Waals surface area (Å²) in [4.78, 5) is 10.7. The molecule has 0 aromatic heterocycles. The van der Waals surface area contributed by atoms with E-state index < -0.39 is 0 Å². The molecule has 11 heavy (non-hydrogen) atoms. The number of rotatable bonds is 6. The van der Waals surface area contributed by atoms with Gasteiger partial charge in [-0.2, -0.15) is 0 Å². The van der Waals surface area contributed by atoms with Crippen molar-refractivity contribution in [1.82, 2.24) is 5.32 Å². The van der Waals surface area contributed by atoms with Crippen molar-refractivity contribution in [3.63, 3.8) is 0 Å². The highest BCUT2D eigenvalue weighted by Crippen LogP contribution is 1.90. The third kappa shape index (κ3) is 7.33. The van der Waals surface area contributed by atoms with Crippen LogP contribution in [0.1, 0.15) is 32.6 Å². The third-order valence-electron chi connectivity index (χ3n) is 1.52. The molecule has 0 fully saturated rings. The topological polar surface area (TPSA) is 55.1 Å². The van der Waals surface area contributed by atoms with Gasteiger partial charge < -0.3 is 11.1 Å². The Bertz CT molecular complexity index is 104. The first-order valence-electron chi connectivity index (χ1n) is 4.28. The molecule has 0 saturated heterocycles. The number of unbranched alkanes of at least 4 members (excludes halogenated alkanes) is 2. The van der Waals surface area contributed by atoms with Crippen LogP contribution in [0.3, 0.4) is 0 Å². The molecule has 0 bridgehead atoms. The van der Waals surface area contributed by atoms with Gasteiger partial charge in [-0.15, -0.1) is 0 Å². The van der Waals surface area contributed by atoms with E-state index in [2.05, 4.69) is 5.32 Å². The molecule has 0 atom stereocenters. The predicted octanol–water partition coefficient (Wildman–Crippen LogP) is 0.642. The average Bonchev–Trinajstić information content (AvgIpc) is 2.04. The summed E-state index contributed by atoms with van der Waals surface area (Å²) in [6, 6.07) is 0. The van der Waals surface area contributed by atoms with Gasteiger partial charge in [-0.05, 0) is 19.4 Å². The van der Waals surface area contributed by atoms with Crippen molar-refractivity contribution in [2.24, 2.45) is 5.73 Å². The molecule has 1 amide bonds. The number of carbonyl (C=O) groups excluding carboxylic acids is 1. The quantitative estimate of drug-likeness (QED) is 0.557. The van der Waals surface area contributed by atoms with Crippen LogP contribution in [0.5, 0.6) is 0 Å². The first kappa shape index (κ1) is 10.4. The van der Waals surface area contributed by atoms with E-state index in [1.165, 1.54) is 0 Å². The fourth-order valence-corrected chi connectivity index (χ4v) is 0.799. The molecule has 66 valence electrons. The Hall–Kier alpha value is -0.570. The van der Waals surface area contributed by atoms with Crippen molar-refractivity contribution in [2.45, 2.75) is 32.6 Å². The average molecular weight is 158 g/mol. The van der Waals surface area contributed by atoms with Crippen LogP contribution in [0.15, 0.2) is 0 Å². The van der Waals surface area contributed by atoms with Crippen molar-refractivity contribution in [1.29, 1.82) is 0 Å². The van der Waals surface area contributed by atoms with E-state index in [0.717, 1.165) is 32.4 Å². The van der Waals surface area contributed by atoms with Crippen molar-refractivity contribution >= 4 is 5.91 Å². The molecular formula is C8H18N2O. The molecule has 0 aliphatic rings. The lowest BCUT2D eigenvalue weighted by Crippen LogP contribution is -2.23. The summed E-state index contributed by atoms with van der Waals surface area (Å²) in [6.07, 6.45) is 3.79. The molecule has 0 aromatic rings. The lowest BCUT2D eigenvalue weighted by Gasteiger charge is -2.01. The van der Waals surface area contributed by atoms with Crippen molar-refractivity contribution < 1.29 is 4.79 Å². The molecule has 0 aromatic carbocycles. The van der Waals surface area contributed by atoms with Gasteiger partial charge in [-0.3, -0.25) is 4.79 Å². The number of hydrogen-bond acceptors (Lipinski definition) is 2. The Balaban J connectivity index is 2.95. The Labute approximate surface area is 68.3 Å². The minimum absolute atomic E-state index is 0.137. The van der Waals surface area contributed by atoms with Crippen LogP contribution >= 0.6 is 0 Å². The maximum atomic E-state index is 10.7. The number of hydrogen-bond donors (Lipinski definition) is 2. The molecule has 0 aliphatic heterocycles. The second-order valence-corrected chi connectivity index (χ2v) is 2.55. The number of nitrogens with one attached hydrogen (secondary N) is 1. The number of amides is 1. The zero-order chi connectivity index (χ0) is 8.53. The smallest absolute Gasteiger partial charge is 0.219 e. The van der Waals surface area contributed by atoms with Crippen molar-refractivity contribution in [3.05, 3.63) is 0 Å². The molecule has 0 rings (SSSR count). The highest BCUT2D eigenvalue weighted by molar-refractivity contribution is 5.75. The monoisotopic (exact) mass is 158 g/mol. The SMILES string of the molecule is CCC(=O)NCCCCCN. The lowest BCUT2D eigenvalue weighted by atomic mass is 10.2. The molecule has 3 nitrogen and oxygen atoms in total. The van der Waals surface area contributed by atoms with E-state index in [1.807, 2.05) is 6.92 Å². The van der Waals surface area contributed by atoms with E-state index in [-0.39, 0.29) is 5.91 Å². The van der Waals surface area contributed by atoms with Gasteiger partial charge in [-0.25, -0.2) is 0 Å². The standard InChI is InChI=1S/C8H18N2O/c1-2-8(11)10-7-5-3-4-6-9/h2-7,9H2,1H3,(H,10,11). The first-order valence-corrected chi connectivity index (χ1v) is 4.28. The van der Waals surface area contributed by atoms with Crippen LogP contribution in [0.25, 0.3) is 0 Å². The summed E-state index contributed by atoms with van der Waals surface area (Å²) < 4.78 is 0. The summed E-state index contributed by atoms with van der Waals surface area (Å²) in [5.41, 5.74) is 5.31. The van der Waals surface area contributed by atoms with Crippen LogP contribution in [-0.4, -0.2) is 19.0 Å². The second kappa shape index (κ2) is 7.54. The minimum atomic E-state index is 0.137. The van der Waals surface area contributed by atoms with E-state index >= 15 is 0 Å². The van der Waals surface area contributed by atoms with Gasteiger partial charge in [0.1, 0.15) is 0 Å². The van der Waals surface area contributed by atoms with Crippen molar-refractivity contribution in [3.8, 4) is 0 Å². The van der Waals surface area contributed by atoms with Gasteiger partial charge >= 0.3 is 0 Å². The van der Waals surface area contributed by atoms with E-state index in [1.54, 1.807) is 0 Å². The number of nitrogens with two attached hydrogens (primary N) is 1. The zero-order valence-corrected chi connectivity index (χ0v) is 7.23. The van der Waals surface area contributed by atoms with Gasteiger partial charge in [0.25, 0.3) is 0 Å². The fraction of sp³-hybridized carbons (Fsp3) is 0.875. The van der Waals surface area contributed by atoms with Gasteiger partial charge in [-0.1, -0.05) is 13.3 Å². The molecule has 3 N–H and O–H groups in total. The second-order valence-electron chi connectivity index (χ2n) is 2.55. The van der Waals surface area contributed by atoms with E-state index in [4.69, 9.17) is 5.73 Å². The van der Waals surface area contributed by atoms with Crippen LogP contribution < -0.4 is 11.1 Å². The highest BCUT2D eigenvalue weighted by atomic mass is 16.1. The largest absolute Gasteiger partial charge is 0.356 e. The molecule has 0 unspecified atom stereocenters. The normalized spacial score (nSPS) is 9.64. The first-order chi connectivity index (χ1) is 5.31. The summed E-state index contributed by atoms with van der Waals surface area (Å²) in [7, 11) is 0. The molecule has 0 saturated carbocycles. The number of carbonyl (C=O) groups is 1. The minimum Gasteiger partial charge on any atom is -0.356 e. The third-order valence-corrected chi connectivity index (χ3v) is 1.52. The summed E-state index contributed by atoms with van der Waals surface area (Å²) >= 11 is 0. The van der Waals surface area contributed by atoms with Gasteiger partial charge in [0, 0.05) is 13.0 Å². The van der Waals surface area contributed by atoms with Crippen LogP contribution in [0.2, 0.25) is 0 Å². The molecule has 3 heteroatoms. The molecule has 0 radical (unpaired) electrons. The Morgan fingerprint density at radius 2 is 2.09 bits per heavy atom. The summed E-state index contributed by atoms with van der Waals surface area (Å²) in [5, 5.41) is 2.81. The Morgan fingerprint density at radius 3 is 2.64 bits per heavy atom. The van der Waals surface area contributed by atoms with Crippen LogP contribution in [-0.2, 0) is 4.79 Å². The maximum Gasteiger partial charge on any atom is 0.219 e. The van der Waals surface area contributed by atoms with Gasteiger partial charge in [0.2, 0.25) is 5.91 Å². The predicted molar refractivity (Wildman–Crippen MR) is 46.2 cm³/mol. The molecule has 0 spiro atoms. The summed E-state index contributed by atoms with van der Waals surface area (Å²) in [5.74, 6) is 0.137. The van der Waals surface area contributed by atoms with E-state index in [0.29, 0.717) is 6.42 Å². The molecule has 0 aliphatic carbocycles. The Kier molecular flexibility index (Phi) is 7.15. The van der Waals surface area contributed by atoms with Crippen molar-refractivity contribution in [2.75, 3.05) is 13.1 Å². The summed E-state index contributed by atoms with van der Waals surface area (Å²) in [6.45, 7) is 3.41. The Morgan fingerprint density at radius 1 is 1.36 bits per heavy atom.